The van der Waals surface area contributed by atoms with Gasteiger partial charge in [0, 0.05) is 16.8 Å². The Kier molecular flexibility index (Phi) is 6.25. The molecule has 0 saturated carbocycles. The highest BCUT2D eigenvalue weighted by atomic mass is 79.9. The molecule has 0 fully saturated rings. The van der Waals surface area contributed by atoms with Crippen molar-refractivity contribution in [2.24, 2.45) is 0 Å². The van der Waals surface area contributed by atoms with E-state index in [9.17, 15) is 4.79 Å². The van der Waals surface area contributed by atoms with E-state index in [1.54, 1.807) is 22.7 Å². The minimum atomic E-state index is -0.318. The van der Waals surface area contributed by atoms with Gasteiger partial charge >= 0.3 is 0 Å². The summed E-state index contributed by atoms with van der Waals surface area (Å²) in [7, 11) is 0. The van der Waals surface area contributed by atoms with E-state index in [0.717, 1.165) is 27.0 Å². The Balaban J connectivity index is 1.44. The topological polar surface area (TPSA) is 93.4 Å². The Bertz CT molecular complexity index is 1290. The monoisotopic (exact) mass is 516 g/mol. The van der Waals surface area contributed by atoms with E-state index in [4.69, 9.17) is 17.0 Å². The van der Waals surface area contributed by atoms with Crippen LogP contribution in [0, 0.1) is 6.92 Å². The van der Waals surface area contributed by atoms with Crippen molar-refractivity contribution in [2.75, 3.05) is 11.9 Å². The van der Waals surface area contributed by atoms with E-state index in [2.05, 4.69) is 41.9 Å². The minimum Gasteiger partial charge on any atom is -0.493 e. The maximum atomic E-state index is 12.5. The number of anilines is 1. The van der Waals surface area contributed by atoms with Crippen molar-refractivity contribution in [1.29, 1.82) is 0 Å². The molecule has 0 unspecified atom stereocenters. The lowest BCUT2D eigenvalue weighted by Crippen LogP contribution is -2.34. The lowest BCUT2D eigenvalue weighted by Gasteiger charge is -2.11. The number of halogens is 1. The summed E-state index contributed by atoms with van der Waals surface area (Å²) in [5.41, 5.74) is 2.10. The number of rotatable bonds is 5. The Hall–Kier alpha value is -2.89. The van der Waals surface area contributed by atoms with Gasteiger partial charge in [0.15, 0.2) is 10.9 Å². The van der Waals surface area contributed by atoms with E-state index in [-0.39, 0.29) is 11.0 Å². The van der Waals surface area contributed by atoms with Crippen molar-refractivity contribution >= 4 is 61.2 Å². The van der Waals surface area contributed by atoms with Crippen LogP contribution in [0.1, 0.15) is 23.1 Å². The van der Waals surface area contributed by atoms with Crippen molar-refractivity contribution < 1.29 is 9.53 Å². The number of hydrogen-bond donors (Lipinski definition) is 2. The lowest BCUT2D eigenvalue weighted by atomic mass is 10.2. The predicted molar refractivity (Wildman–Crippen MR) is 128 cm³/mol. The number of carbonyl (C=O) groups excluding carboxylic acids is 1. The number of thiocarbonyl (C=S) groups is 1. The number of carbonyl (C=O) groups is 1. The molecule has 0 radical (unpaired) electrons. The first kappa shape index (κ1) is 21.3. The first-order valence-corrected chi connectivity index (χ1v) is 11.3. The summed E-state index contributed by atoms with van der Waals surface area (Å²) in [5, 5.41) is 19.4. The van der Waals surface area contributed by atoms with Crippen LogP contribution in [0.2, 0.25) is 0 Å². The molecule has 4 rings (SSSR count). The van der Waals surface area contributed by atoms with Crippen LogP contribution in [0.15, 0.2) is 46.9 Å². The van der Waals surface area contributed by atoms with Crippen molar-refractivity contribution in [2.45, 2.75) is 13.8 Å². The Morgan fingerprint density at radius 1 is 1.26 bits per heavy atom. The van der Waals surface area contributed by atoms with Gasteiger partial charge in [-0.05, 0) is 72.3 Å². The number of hydrogen-bond acceptors (Lipinski definition) is 7. The summed E-state index contributed by atoms with van der Waals surface area (Å²) in [4.78, 5) is 13.3. The number of amides is 1. The van der Waals surface area contributed by atoms with Crippen molar-refractivity contribution in [1.82, 2.24) is 25.1 Å². The highest BCUT2D eigenvalue weighted by Gasteiger charge is 2.13. The molecule has 4 aromatic rings. The standard InChI is InChI=1S/C20H17BrN6O2S2/c1-3-29-16-8-7-12(10-15(16)21)17(28)23-19(30)22-14-6-4-5-13(9-14)18-26-27-11(2)24-25-20(27)31-18/h4-10H,3H2,1-2H3,(H2,22,23,28,30). The maximum Gasteiger partial charge on any atom is 0.257 e. The molecule has 0 aliphatic rings. The number of nitrogens with zero attached hydrogens (tertiary/aromatic N) is 4. The van der Waals surface area contributed by atoms with Gasteiger partial charge in [-0.3, -0.25) is 10.1 Å². The number of fused-ring (bicyclic) bond motifs is 1. The van der Waals surface area contributed by atoms with E-state index >= 15 is 0 Å². The molecule has 8 nitrogen and oxygen atoms in total. The van der Waals surface area contributed by atoms with Gasteiger partial charge in [-0.1, -0.05) is 23.5 Å². The second-order valence-electron chi connectivity index (χ2n) is 6.42. The van der Waals surface area contributed by atoms with Crippen molar-refractivity contribution in [3.63, 3.8) is 0 Å². The summed E-state index contributed by atoms with van der Waals surface area (Å²) in [6, 6.07) is 12.7. The second kappa shape index (κ2) is 9.08. The van der Waals surface area contributed by atoms with Gasteiger partial charge in [-0.25, -0.2) is 0 Å². The van der Waals surface area contributed by atoms with Crippen LogP contribution in [0.5, 0.6) is 5.75 Å². The Morgan fingerprint density at radius 3 is 2.84 bits per heavy atom. The van der Waals surface area contributed by atoms with Crippen LogP contribution in [0.4, 0.5) is 5.69 Å². The highest BCUT2D eigenvalue weighted by molar-refractivity contribution is 9.10. The van der Waals surface area contributed by atoms with Crippen molar-refractivity contribution in [3.8, 4) is 16.3 Å². The summed E-state index contributed by atoms with van der Waals surface area (Å²) in [5.74, 6) is 1.09. The van der Waals surface area contributed by atoms with Crippen LogP contribution >= 0.6 is 39.5 Å². The van der Waals surface area contributed by atoms with Gasteiger partial charge in [-0.15, -0.1) is 10.2 Å². The maximum absolute atomic E-state index is 12.5. The third-order valence-electron chi connectivity index (χ3n) is 4.24. The fourth-order valence-corrected chi connectivity index (χ4v) is 4.40. The van der Waals surface area contributed by atoms with Crippen LogP contribution in [0.25, 0.3) is 15.5 Å². The number of aryl methyl sites for hydroxylation is 1. The minimum absolute atomic E-state index is 0.196. The molecule has 0 aliphatic carbocycles. The fraction of sp³-hybridized carbons (Fsp3) is 0.150. The molecular weight excluding hydrogens is 500 g/mol. The highest BCUT2D eigenvalue weighted by Crippen LogP contribution is 2.28. The smallest absolute Gasteiger partial charge is 0.257 e. The first-order chi connectivity index (χ1) is 14.9. The van der Waals surface area contributed by atoms with Gasteiger partial charge in [0.2, 0.25) is 4.96 Å². The van der Waals surface area contributed by atoms with E-state index in [1.807, 2.05) is 38.1 Å². The van der Waals surface area contributed by atoms with Crippen molar-refractivity contribution in [3.05, 3.63) is 58.3 Å². The number of ether oxygens (including phenoxy) is 1. The first-order valence-electron chi connectivity index (χ1n) is 9.28. The summed E-state index contributed by atoms with van der Waals surface area (Å²) in [6.45, 7) is 4.30. The third kappa shape index (κ3) is 4.73. The molecule has 158 valence electrons. The van der Waals surface area contributed by atoms with Gasteiger partial charge in [0.05, 0.1) is 11.1 Å². The van der Waals surface area contributed by atoms with Crippen LogP contribution in [-0.4, -0.2) is 37.4 Å². The predicted octanol–water partition coefficient (Wildman–Crippen LogP) is 4.45. The molecule has 2 heterocycles. The number of aromatic nitrogens is 4. The quantitative estimate of drug-likeness (QED) is 0.378. The molecule has 0 bridgehead atoms. The number of nitrogens with one attached hydrogen (secondary N) is 2. The van der Waals surface area contributed by atoms with Gasteiger partial charge in [-0.2, -0.15) is 9.61 Å². The molecule has 11 heteroatoms. The normalized spacial score (nSPS) is 10.8. The zero-order valence-corrected chi connectivity index (χ0v) is 19.8. The van der Waals surface area contributed by atoms with Crippen LogP contribution in [-0.2, 0) is 0 Å². The average molecular weight is 517 g/mol. The summed E-state index contributed by atoms with van der Waals surface area (Å²) >= 11 is 10.2. The Morgan fingerprint density at radius 2 is 2.10 bits per heavy atom. The second-order valence-corrected chi connectivity index (χ2v) is 8.63. The third-order valence-corrected chi connectivity index (χ3v) is 6.01. The summed E-state index contributed by atoms with van der Waals surface area (Å²) < 4.78 is 7.88. The fourth-order valence-electron chi connectivity index (χ4n) is 2.81. The van der Waals surface area contributed by atoms with Gasteiger partial charge < -0.3 is 10.1 Å². The molecule has 1 amide bonds. The molecular formula is C20H17BrN6O2S2. The summed E-state index contributed by atoms with van der Waals surface area (Å²) in [6.07, 6.45) is 0. The molecule has 0 aliphatic heterocycles. The van der Waals surface area contributed by atoms with E-state index in [1.165, 1.54) is 11.3 Å². The molecule has 0 spiro atoms. The van der Waals surface area contributed by atoms with Gasteiger partial charge in [0.25, 0.3) is 5.91 Å². The zero-order chi connectivity index (χ0) is 22.0. The van der Waals surface area contributed by atoms with E-state index < -0.39 is 0 Å². The average Bonchev–Trinajstić information content (AvgIpc) is 3.32. The van der Waals surface area contributed by atoms with Gasteiger partial charge in [0.1, 0.15) is 10.8 Å². The lowest BCUT2D eigenvalue weighted by molar-refractivity contribution is 0.0977. The largest absolute Gasteiger partial charge is 0.493 e. The van der Waals surface area contributed by atoms with Crippen LogP contribution < -0.4 is 15.4 Å². The number of benzene rings is 2. The molecule has 2 aromatic heterocycles. The Labute approximate surface area is 195 Å². The molecule has 0 saturated heterocycles. The van der Waals surface area contributed by atoms with Crippen LogP contribution in [0.3, 0.4) is 0 Å². The molecule has 2 N–H and O–H groups in total. The molecule has 0 atom stereocenters. The van der Waals surface area contributed by atoms with E-state index in [0.29, 0.717) is 22.4 Å². The SMILES string of the molecule is CCOc1ccc(C(=O)NC(=S)Nc2cccc(-c3nn4c(C)nnc4s3)c2)cc1Br. The molecule has 2 aromatic carbocycles. The molecule has 31 heavy (non-hydrogen) atoms. The zero-order valence-electron chi connectivity index (χ0n) is 16.5.